The molecule has 9 nitrogen and oxygen atoms in total. The number of rotatable bonds is 40. The molecule has 0 bridgehead atoms. The van der Waals surface area contributed by atoms with Crippen molar-refractivity contribution in [3.8, 4) is 0 Å². The van der Waals surface area contributed by atoms with E-state index in [4.69, 9.17) is 18.5 Å². The van der Waals surface area contributed by atoms with Crippen LogP contribution in [0, 0.1) is 0 Å². The number of carbonyl (C=O) groups is 2. The molecule has 1 N–H and O–H groups in total. The van der Waals surface area contributed by atoms with Crippen LogP contribution in [0.1, 0.15) is 168 Å². The Bertz CT molecular complexity index is 1220. The number of esters is 2. The van der Waals surface area contributed by atoms with Crippen molar-refractivity contribution < 1.29 is 42.1 Å². The third kappa shape index (κ3) is 43.0. The number of phosphoric acid groups is 1. The minimum atomic E-state index is -4.40. The maximum absolute atomic E-state index is 12.7. The molecule has 0 amide bonds. The molecule has 0 aromatic heterocycles. The molecule has 0 saturated heterocycles. The average Bonchev–Trinajstić information content (AvgIpc) is 3.17. The Hall–Kier alpha value is -2.55. The van der Waals surface area contributed by atoms with Crippen LogP contribution < -0.4 is 0 Å². The molecule has 0 saturated carbocycles. The molecule has 0 aromatic carbocycles. The summed E-state index contributed by atoms with van der Waals surface area (Å²) >= 11 is 0. The molecule has 0 spiro atoms. The van der Waals surface area contributed by atoms with Crippen LogP contribution in [0.5, 0.6) is 0 Å². The van der Waals surface area contributed by atoms with Gasteiger partial charge in [-0.05, 0) is 83.5 Å². The molecule has 10 heteroatoms. The predicted octanol–water partition coefficient (Wildman–Crippen LogP) is 13.0. The standard InChI is InChI=1S/C48H84NO8P/c1-6-8-10-12-14-16-18-20-22-24-26-28-30-32-34-36-38-40-47(50)54-44-46(45-56-58(52,53)55-43-42-49(3,4)5)57-48(51)41-39-37-35-33-31-29-27-25-23-21-19-17-15-13-11-9-7-2/h14,16,20-23,26-29,33,35,46H,6-13,15,17-19,24-25,30-32,34,36-45H2,1-5H3/p+1/b16-14-,22-20-,23-21-,28-26-,29-27-,35-33-/t46-/m1/s1. The van der Waals surface area contributed by atoms with Gasteiger partial charge < -0.3 is 18.9 Å². The fourth-order valence-corrected chi connectivity index (χ4v) is 6.36. The van der Waals surface area contributed by atoms with E-state index in [0.29, 0.717) is 30.3 Å². The van der Waals surface area contributed by atoms with E-state index in [2.05, 4.69) is 86.8 Å². The predicted molar refractivity (Wildman–Crippen MR) is 242 cm³/mol. The summed E-state index contributed by atoms with van der Waals surface area (Å²) < 4.78 is 34.2. The highest BCUT2D eigenvalue weighted by atomic mass is 31.2. The lowest BCUT2D eigenvalue weighted by Crippen LogP contribution is -2.37. The van der Waals surface area contributed by atoms with Crippen molar-refractivity contribution >= 4 is 19.8 Å². The Morgan fingerprint density at radius 1 is 0.534 bits per heavy atom. The molecule has 0 aromatic rings. The minimum Gasteiger partial charge on any atom is -0.462 e. The number of quaternary nitrogens is 1. The second-order valence-corrected chi connectivity index (χ2v) is 17.5. The van der Waals surface area contributed by atoms with Crippen LogP contribution in [-0.2, 0) is 32.7 Å². The third-order valence-corrected chi connectivity index (χ3v) is 10.2. The van der Waals surface area contributed by atoms with E-state index in [9.17, 15) is 19.0 Å². The van der Waals surface area contributed by atoms with Gasteiger partial charge in [0.1, 0.15) is 19.8 Å². The average molecular weight is 835 g/mol. The normalized spacial score (nSPS) is 14.2. The molecule has 0 heterocycles. The van der Waals surface area contributed by atoms with Crippen LogP contribution >= 0.6 is 7.82 Å². The molecule has 0 rings (SSSR count). The number of likely N-dealkylation sites (N-methyl/N-ethyl adjacent to an activating group) is 1. The quantitative estimate of drug-likeness (QED) is 0.0214. The van der Waals surface area contributed by atoms with E-state index in [0.717, 1.165) is 57.8 Å². The Morgan fingerprint density at radius 2 is 0.948 bits per heavy atom. The number of unbranched alkanes of at least 4 members (excludes halogenated alkanes) is 14. The summed E-state index contributed by atoms with van der Waals surface area (Å²) in [5.41, 5.74) is 0. The molecule has 0 aliphatic rings. The van der Waals surface area contributed by atoms with E-state index in [1.807, 2.05) is 21.1 Å². The van der Waals surface area contributed by atoms with Crippen LogP contribution in [0.15, 0.2) is 72.9 Å². The lowest BCUT2D eigenvalue weighted by atomic mass is 10.1. The van der Waals surface area contributed by atoms with E-state index >= 15 is 0 Å². The second-order valence-electron chi connectivity index (χ2n) is 16.1. The van der Waals surface area contributed by atoms with E-state index in [-0.39, 0.29) is 26.1 Å². The van der Waals surface area contributed by atoms with Gasteiger partial charge in [0.2, 0.25) is 0 Å². The fourth-order valence-electron chi connectivity index (χ4n) is 5.62. The van der Waals surface area contributed by atoms with Gasteiger partial charge in [-0.15, -0.1) is 0 Å². The summed E-state index contributed by atoms with van der Waals surface area (Å²) in [6, 6.07) is 0. The first-order valence-electron chi connectivity index (χ1n) is 22.7. The van der Waals surface area contributed by atoms with Crippen LogP contribution in [0.2, 0.25) is 0 Å². The number of carbonyl (C=O) groups excluding carboxylic acids is 2. The Balaban J connectivity index is 4.49. The zero-order valence-electron chi connectivity index (χ0n) is 37.5. The first kappa shape index (κ1) is 55.5. The number of phosphoric ester groups is 1. The molecular formula is C48H85NO8P+. The monoisotopic (exact) mass is 835 g/mol. The number of allylic oxidation sites excluding steroid dienone is 12. The van der Waals surface area contributed by atoms with Crippen molar-refractivity contribution in [1.82, 2.24) is 0 Å². The van der Waals surface area contributed by atoms with Gasteiger partial charge in [0.25, 0.3) is 0 Å². The van der Waals surface area contributed by atoms with Gasteiger partial charge in [0.05, 0.1) is 27.7 Å². The lowest BCUT2D eigenvalue weighted by molar-refractivity contribution is -0.870. The van der Waals surface area contributed by atoms with Gasteiger partial charge in [-0.1, -0.05) is 145 Å². The molecule has 2 atom stereocenters. The smallest absolute Gasteiger partial charge is 0.462 e. The maximum Gasteiger partial charge on any atom is 0.472 e. The van der Waals surface area contributed by atoms with Crippen LogP contribution in [0.3, 0.4) is 0 Å². The molecule has 1 unspecified atom stereocenters. The number of ether oxygens (including phenoxy) is 2. The molecule has 334 valence electrons. The first-order valence-corrected chi connectivity index (χ1v) is 24.2. The van der Waals surface area contributed by atoms with E-state index < -0.39 is 32.5 Å². The highest BCUT2D eigenvalue weighted by Gasteiger charge is 2.27. The van der Waals surface area contributed by atoms with Crippen molar-refractivity contribution in [3.05, 3.63) is 72.9 Å². The molecule has 0 aliphatic heterocycles. The Morgan fingerprint density at radius 3 is 1.47 bits per heavy atom. The number of nitrogens with zero attached hydrogens (tertiary/aromatic N) is 1. The van der Waals surface area contributed by atoms with E-state index in [1.165, 1.54) is 64.2 Å². The van der Waals surface area contributed by atoms with Crippen LogP contribution in [-0.4, -0.2) is 74.9 Å². The number of hydrogen-bond donors (Lipinski definition) is 1. The van der Waals surface area contributed by atoms with Crippen molar-refractivity contribution in [2.75, 3.05) is 47.5 Å². The van der Waals surface area contributed by atoms with Crippen LogP contribution in [0.25, 0.3) is 0 Å². The third-order valence-electron chi connectivity index (χ3n) is 9.21. The lowest BCUT2D eigenvalue weighted by Gasteiger charge is -2.24. The summed E-state index contributed by atoms with van der Waals surface area (Å²) in [5, 5.41) is 0. The van der Waals surface area contributed by atoms with Crippen molar-refractivity contribution in [2.45, 2.75) is 174 Å². The highest BCUT2D eigenvalue weighted by molar-refractivity contribution is 7.47. The molecule has 0 radical (unpaired) electrons. The first-order chi connectivity index (χ1) is 28.0. The summed E-state index contributed by atoms with van der Waals surface area (Å²) in [7, 11) is 1.42. The van der Waals surface area contributed by atoms with Gasteiger partial charge in [-0.2, -0.15) is 0 Å². The zero-order valence-corrected chi connectivity index (χ0v) is 38.4. The van der Waals surface area contributed by atoms with E-state index in [1.54, 1.807) is 0 Å². The Kier molecular flexibility index (Phi) is 38.1. The zero-order chi connectivity index (χ0) is 42.8. The molecule has 0 fully saturated rings. The molecule has 0 aliphatic carbocycles. The second kappa shape index (κ2) is 39.9. The van der Waals surface area contributed by atoms with Gasteiger partial charge in [0.15, 0.2) is 6.10 Å². The largest absolute Gasteiger partial charge is 0.472 e. The Labute approximate surface area is 355 Å². The minimum absolute atomic E-state index is 0.0153. The van der Waals surface area contributed by atoms with Gasteiger partial charge in [0, 0.05) is 12.8 Å². The van der Waals surface area contributed by atoms with Crippen molar-refractivity contribution in [2.24, 2.45) is 0 Å². The van der Waals surface area contributed by atoms with Gasteiger partial charge in [-0.3, -0.25) is 18.6 Å². The maximum atomic E-state index is 12.7. The van der Waals surface area contributed by atoms with Gasteiger partial charge in [-0.25, -0.2) is 4.57 Å². The summed E-state index contributed by atoms with van der Waals surface area (Å²) in [5.74, 6) is -0.891. The molecule has 58 heavy (non-hydrogen) atoms. The van der Waals surface area contributed by atoms with Crippen molar-refractivity contribution in [3.63, 3.8) is 0 Å². The topological polar surface area (TPSA) is 108 Å². The SMILES string of the molecule is CCCCC/C=C\C/C=C\C/C=C\CCCCCCC(=O)OC[C@H](COP(=O)(O)OCC[N+](C)(C)C)OC(=O)CCC/C=C\C/C=C\C/C=C\CCCCCCCC. The fraction of sp³-hybridized carbons (Fsp3) is 0.708. The van der Waals surface area contributed by atoms with Crippen molar-refractivity contribution in [1.29, 1.82) is 0 Å². The number of hydrogen-bond acceptors (Lipinski definition) is 7. The summed E-state index contributed by atoms with van der Waals surface area (Å²) in [4.78, 5) is 35.4. The summed E-state index contributed by atoms with van der Waals surface area (Å²) in [6.45, 7) is 4.29. The van der Waals surface area contributed by atoms with Crippen LogP contribution in [0.4, 0.5) is 0 Å². The van der Waals surface area contributed by atoms with Gasteiger partial charge >= 0.3 is 19.8 Å². The molecular weight excluding hydrogens is 750 g/mol. The summed E-state index contributed by atoms with van der Waals surface area (Å²) in [6.07, 6.45) is 49.6. The highest BCUT2D eigenvalue weighted by Crippen LogP contribution is 2.43.